The van der Waals surface area contributed by atoms with E-state index in [1.807, 2.05) is 42.6 Å². The zero-order chi connectivity index (χ0) is 18.0. The fourth-order valence-electron chi connectivity index (χ4n) is 2.86. The van der Waals surface area contributed by atoms with Crippen LogP contribution in [0.4, 0.5) is 0 Å². The number of hydrogen-bond donors (Lipinski definition) is 1. The number of amides is 1. The van der Waals surface area contributed by atoms with Crippen LogP contribution in [-0.2, 0) is 0 Å². The van der Waals surface area contributed by atoms with Crippen molar-refractivity contribution in [1.29, 1.82) is 0 Å². The molecule has 0 bridgehead atoms. The summed E-state index contributed by atoms with van der Waals surface area (Å²) < 4.78 is 5.27. The zero-order valence-electron chi connectivity index (χ0n) is 14.9. The van der Waals surface area contributed by atoms with Crippen LogP contribution in [0.15, 0.2) is 41.8 Å². The van der Waals surface area contributed by atoms with Crippen molar-refractivity contribution in [1.82, 2.24) is 10.3 Å². The summed E-state index contributed by atoms with van der Waals surface area (Å²) in [5.74, 6) is 0.960. The zero-order valence-corrected chi connectivity index (χ0v) is 15.7. The van der Waals surface area contributed by atoms with Gasteiger partial charge in [0.2, 0.25) is 0 Å². The van der Waals surface area contributed by atoms with Gasteiger partial charge in [-0.05, 0) is 48.6 Å². The van der Waals surface area contributed by atoms with Crippen molar-refractivity contribution < 1.29 is 9.53 Å². The summed E-state index contributed by atoms with van der Waals surface area (Å²) in [6.45, 7) is 6.09. The number of aromatic nitrogens is 1. The van der Waals surface area contributed by atoms with Crippen LogP contribution >= 0.6 is 11.3 Å². The Morgan fingerprint density at radius 2 is 2.04 bits per heavy atom. The van der Waals surface area contributed by atoms with Crippen LogP contribution in [0.3, 0.4) is 0 Å². The maximum atomic E-state index is 12.9. The normalized spacial score (nSPS) is 12.4. The molecule has 0 unspecified atom stereocenters. The number of benzene rings is 1. The van der Waals surface area contributed by atoms with Crippen molar-refractivity contribution in [2.75, 3.05) is 7.11 Å². The maximum Gasteiger partial charge on any atom is 0.253 e. The fourth-order valence-corrected chi connectivity index (χ4v) is 3.81. The monoisotopic (exact) mass is 354 g/mol. The number of aryl methyl sites for hydroxylation is 1. The summed E-state index contributed by atoms with van der Waals surface area (Å²) >= 11 is 1.66. The van der Waals surface area contributed by atoms with Crippen LogP contribution in [0.25, 0.3) is 10.9 Å². The van der Waals surface area contributed by atoms with Crippen LogP contribution < -0.4 is 10.1 Å². The molecule has 1 atom stereocenters. The van der Waals surface area contributed by atoms with E-state index in [1.54, 1.807) is 18.4 Å². The van der Waals surface area contributed by atoms with E-state index >= 15 is 0 Å². The molecule has 2 heterocycles. The van der Waals surface area contributed by atoms with E-state index in [9.17, 15) is 4.79 Å². The minimum atomic E-state index is -0.0955. The number of rotatable bonds is 5. The molecule has 3 aromatic rings. The van der Waals surface area contributed by atoms with Crippen molar-refractivity contribution in [3.05, 3.63) is 57.9 Å². The fraction of sp³-hybridized carbons (Fsp3) is 0.300. The first kappa shape index (κ1) is 17.4. The van der Waals surface area contributed by atoms with Crippen molar-refractivity contribution in [2.45, 2.75) is 26.8 Å². The lowest BCUT2D eigenvalue weighted by Gasteiger charge is -2.21. The number of hydrogen-bond acceptors (Lipinski definition) is 4. The Bertz CT molecular complexity index is 888. The Labute approximate surface area is 151 Å². The lowest BCUT2D eigenvalue weighted by Crippen LogP contribution is -2.31. The Kier molecular flexibility index (Phi) is 5.04. The van der Waals surface area contributed by atoms with Gasteiger partial charge < -0.3 is 10.1 Å². The molecule has 0 fully saturated rings. The maximum absolute atomic E-state index is 12.9. The van der Waals surface area contributed by atoms with Gasteiger partial charge in [-0.3, -0.25) is 9.78 Å². The van der Waals surface area contributed by atoms with E-state index < -0.39 is 0 Å². The third kappa shape index (κ3) is 3.66. The van der Waals surface area contributed by atoms with Crippen molar-refractivity contribution in [2.24, 2.45) is 5.92 Å². The van der Waals surface area contributed by atoms with Crippen LogP contribution in [-0.4, -0.2) is 18.0 Å². The number of carbonyl (C=O) groups excluding carboxylic acids is 1. The third-order valence-corrected chi connectivity index (χ3v) is 5.22. The predicted molar refractivity (Wildman–Crippen MR) is 102 cm³/mol. The van der Waals surface area contributed by atoms with Gasteiger partial charge in [0, 0.05) is 10.3 Å². The molecular formula is C20H22N2O2S. The highest BCUT2D eigenvalue weighted by atomic mass is 32.1. The van der Waals surface area contributed by atoms with Crippen LogP contribution in [0.1, 0.15) is 40.8 Å². The summed E-state index contributed by atoms with van der Waals surface area (Å²) in [6.07, 6.45) is 0. The summed E-state index contributed by atoms with van der Waals surface area (Å²) in [6, 6.07) is 11.6. The Morgan fingerprint density at radius 3 is 2.68 bits per heavy atom. The largest absolute Gasteiger partial charge is 0.497 e. The SMILES string of the molecule is COc1ccc2nc(C)c(C(=O)N[C@@H](c3cccs3)C(C)C)cc2c1. The highest BCUT2D eigenvalue weighted by Gasteiger charge is 2.21. The quantitative estimate of drug-likeness (QED) is 0.720. The van der Waals surface area contributed by atoms with Crippen LogP contribution in [0, 0.1) is 12.8 Å². The molecule has 130 valence electrons. The topological polar surface area (TPSA) is 51.2 Å². The molecular weight excluding hydrogens is 332 g/mol. The smallest absolute Gasteiger partial charge is 0.253 e. The Balaban J connectivity index is 1.94. The number of methoxy groups -OCH3 is 1. The van der Waals surface area contributed by atoms with Gasteiger partial charge in [0.25, 0.3) is 5.91 Å². The molecule has 1 amide bonds. The Morgan fingerprint density at radius 1 is 1.24 bits per heavy atom. The summed E-state index contributed by atoms with van der Waals surface area (Å²) in [7, 11) is 1.63. The molecule has 0 aliphatic rings. The van der Waals surface area contributed by atoms with Gasteiger partial charge in [0.05, 0.1) is 29.9 Å². The highest BCUT2D eigenvalue weighted by Crippen LogP contribution is 2.27. The average Bonchev–Trinajstić information content (AvgIpc) is 3.12. The molecule has 5 heteroatoms. The molecule has 0 aliphatic heterocycles. The third-order valence-electron chi connectivity index (χ3n) is 4.26. The van der Waals surface area contributed by atoms with E-state index in [2.05, 4.69) is 30.2 Å². The first-order chi connectivity index (χ1) is 12.0. The minimum absolute atomic E-state index is 0.00657. The first-order valence-electron chi connectivity index (χ1n) is 8.29. The molecule has 0 aliphatic carbocycles. The second-order valence-corrected chi connectivity index (χ2v) is 7.37. The van der Waals surface area contributed by atoms with Gasteiger partial charge in [-0.15, -0.1) is 11.3 Å². The second kappa shape index (κ2) is 7.23. The summed E-state index contributed by atoms with van der Waals surface area (Å²) in [5, 5.41) is 6.10. The minimum Gasteiger partial charge on any atom is -0.497 e. The molecule has 2 aromatic heterocycles. The standard InChI is InChI=1S/C20H22N2O2S/c1-12(2)19(18-6-5-9-25-18)22-20(23)16-11-14-10-15(24-4)7-8-17(14)21-13(16)3/h5-12,19H,1-4H3,(H,22,23)/t19-/m1/s1. The Hall–Kier alpha value is -2.40. The van der Waals surface area contributed by atoms with E-state index in [-0.39, 0.29) is 11.9 Å². The predicted octanol–water partition coefficient (Wildman–Crippen LogP) is 4.74. The van der Waals surface area contributed by atoms with E-state index in [1.165, 1.54) is 0 Å². The lowest BCUT2D eigenvalue weighted by atomic mass is 10.0. The molecule has 0 saturated heterocycles. The number of nitrogens with zero attached hydrogens (tertiary/aromatic N) is 1. The van der Waals surface area contributed by atoms with E-state index in [4.69, 9.17) is 4.74 Å². The summed E-state index contributed by atoms with van der Waals surface area (Å²) in [5.41, 5.74) is 2.18. The van der Waals surface area contributed by atoms with Gasteiger partial charge in [-0.1, -0.05) is 19.9 Å². The molecule has 1 aromatic carbocycles. The number of pyridine rings is 1. The molecule has 1 N–H and O–H groups in total. The van der Waals surface area contributed by atoms with Gasteiger partial charge in [0.15, 0.2) is 0 Å². The van der Waals surface area contributed by atoms with E-state index in [0.717, 1.165) is 27.2 Å². The van der Waals surface area contributed by atoms with Crippen LogP contribution in [0.5, 0.6) is 5.75 Å². The van der Waals surface area contributed by atoms with Gasteiger partial charge in [0.1, 0.15) is 5.75 Å². The van der Waals surface area contributed by atoms with Gasteiger partial charge in [-0.25, -0.2) is 0 Å². The molecule has 0 spiro atoms. The number of thiophene rings is 1. The number of carbonyl (C=O) groups is 1. The van der Waals surface area contributed by atoms with Gasteiger partial charge in [-0.2, -0.15) is 0 Å². The number of fused-ring (bicyclic) bond motifs is 1. The van der Waals surface area contributed by atoms with Crippen LogP contribution in [0.2, 0.25) is 0 Å². The number of ether oxygens (including phenoxy) is 1. The highest BCUT2D eigenvalue weighted by molar-refractivity contribution is 7.10. The summed E-state index contributed by atoms with van der Waals surface area (Å²) in [4.78, 5) is 18.6. The van der Waals surface area contributed by atoms with Crippen molar-refractivity contribution in [3.63, 3.8) is 0 Å². The molecule has 25 heavy (non-hydrogen) atoms. The first-order valence-corrected chi connectivity index (χ1v) is 9.17. The van der Waals surface area contributed by atoms with Gasteiger partial charge >= 0.3 is 0 Å². The molecule has 4 nitrogen and oxygen atoms in total. The average molecular weight is 354 g/mol. The van der Waals surface area contributed by atoms with Crippen molar-refractivity contribution >= 4 is 28.1 Å². The number of nitrogens with one attached hydrogen (secondary N) is 1. The van der Waals surface area contributed by atoms with E-state index in [0.29, 0.717) is 11.5 Å². The lowest BCUT2D eigenvalue weighted by molar-refractivity contribution is 0.0925. The molecule has 0 radical (unpaired) electrons. The second-order valence-electron chi connectivity index (χ2n) is 6.39. The molecule has 0 saturated carbocycles. The molecule has 3 rings (SSSR count). The van der Waals surface area contributed by atoms with Crippen molar-refractivity contribution in [3.8, 4) is 5.75 Å².